The van der Waals surface area contributed by atoms with Gasteiger partial charge >= 0.3 is 0 Å². The summed E-state index contributed by atoms with van der Waals surface area (Å²) in [6, 6.07) is 0. The van der Waals surface area contributed by atoms with E-state index in [-0.39, 0.29) is 17.1 Å². The molecule has 5 atom stereocenters. The average Bonchev–Trinajstić information content (AvgIpc) is 2.87. The van der Waals surface area contributed by atoms with Gasteiger partial charge in [0, 0.05) is 11.8 Å². The topological polar surface area (TPSA) is 26.3 Å². The first-order chi connectivity index (χ1) is 11.1. The zero-order valence-corrected chi connectivity index (χ0v) is 17.8. The molecular weight excluding hydrogens is 312 g/mol. The van der Waals surface area contributed by atoms with Gasteiger partial charge in [0.05, 0.1) is 6.10 Å². The van der Waals surface area contributed by atoms with Gasteiger partial charge in [0.25, 0.3) is 0 Å². The number of Topliss-reactive ketones (excluding diaryl/α,β-unsaturated/α-hetero) is 1. The van der Waals surface area contributed by atoms with Crippen LogP contribution in [0, 0.1) is 23.2 Å². The summed E-state index contributed by atoms with van der Waals surface area (Å²) in [6.07, 6.45) is 10.1. The summed E-state index contributed by atoms with van der Waals surface area (Å²) in [5.41, 5.74) is 0.308. The molecule has 3 rings (SSSR count). The molecule has 0 saturated heterocycles. The molecule has 0 aromatic carbocycles. The van der Waals surface area contributed by atoms with E-state index in [0.717, 1.165) is 12.8 Å². The van der Waals surface area contributed by atoms with Gasteiger partial charge < -0.3 is 4.43 Å². The average molecular weight is 351 g/mol. The van der Waals surface area contributed by atoms with Crippen molar-refractivity contribution in [3.8, 4) is 0 Å². The van der Waals surface area contributed by atoms with Crippen LogP contribution < -0.4 is 0 Å². The first-order valence-corrected chi connectivity index (χ1v) is 13.3. The van der Waals surface area contributed by atoms with E-state index in [0.29, 0.717) is 23.0 Å². The smallest absolute Gasteiger partial charge is 0.192 e. The maximum absolute atomic E-state index is 13.3. The number of unbranched alkanes of at least 4 members (excludes halogenated alkanes) is 1. The third kappa shape index (κ3) is 2.74. The Morgan fingerprint density at radius 1 is 1.21 bits per heavy atom. The number of hydrogen-bond donors (Lipinski definition) is 0. The van der Waals surface area contributed by atoms with E-state index in [9.17, 15) is 4.79 Å². The summed E-state index contributed by atoms with van der Waals surface area (Å²) < 4.78 is 6.82. The van der Waals surface area contributed by atoms with E-state index in [4.69, 9.17) is 4.43 Å². The predicted molar refractivity (Wildman–Crippen MR) is 103 cm³/mol. The third-order valence-corrected chi connectivity index (χ3v) is 12.6. The lowest BCUT2D eigenvalue weighted by Crippen LogP contribution is -2.46. The Hall–Kier alpha value is -0.153. The Morgan fingerprint density at radius 2 is 1.92 bits per heavy atom. The zero-order valence-electron chi connectivity index (χ0n) is 16.8. The minimum Gasteiger partial charge on any atom is -0.413 e. The van der Waals surface area contributed by atoms with Crippen molar-refractivity contribution in [3.05, 3.63) is 0 Å². The minimum atomic E-state index is -1.81. The minimum absolute atomic E-state index is 0.214. The SMILES string of the molecule is CCCC[C@@H]1[C@@H]2CCC[C@]13CC[C@@H](O[Si](C)(C)C(C)(C)C)[C@@H]3C2=O. The largest absolute Gasteiger partial charge is 0.413 e. The molecule has 3 aliphatic rings. The number of rotatable bonds is 5. The Morgan fingerprint density at radius 3 is 2.54 bits per heavy atom. The third-order valence-electron chi connectivity index (χ3n) is 8.06. The van der Waals surface area contributed by atoms with Crippen LogP contribution in [0.25, 0.3) is 0 Å². The second-order valence-corrected chi connectivity index (χ2v) is 15.1. The number of carbonyl (C=O) groups is 1. The number of ketones is 1. The van der Waals surface area contributed by atoms with Crippen molar-refractivity contribution in [3.63, 3.8) is 0 Å². The molecular formula is C21H38O2Si. The van der Waals surface area contributed by atoms with Crippen molar-refractivity contribution in [2.45, 2.75) is 103 Å². The number of hydrogen-bond acceptors (Lipinski definition) is 2. The molecule has 0 amide bonds. The first-order valence-electron chi connectivity index (χ1n) is 10.4. The van der Waals surface area contributed by atoms with E-state index in [1.54, 1.807) is 0 Å². The molecule has 24 heavy (non-hydrogen) atoms. The van der Waals surface area contributed by atoms with Gasteiger partial charge in [0.1, 0.15) is 5.78 Å². The molecule has 0 N–H and O–H groups in total. The van der Waals surface area contributed by atoms with Crippen LogP contribution in [0.2, 0.25) is 18.1 Å². The van der Waals surface area contributed by atoms with Crippen molar-refractivity contribution >= 4 is 14.1 Å². The summed E-state index contributed by atoms with van der Waals surface area (Å²) >= 11 is 0. The van der Waals surface area contributed by atoms with Gasteiger partial charge in [-0.1, -0.05) is 47.0 Å². The van der Waals surface area contributed by atoms with Crippen molar-refractivity contribution < 1.29 is 9.22 Å². The van der Waals surface area contributed by atoms with Gasteiger partial charge in [0.15, 0.2) is 8.32 Å². The van der Waals surface area contributed by atoms with Gasteiger partial charge in [-0.25, -0.2) is 0 Å². The molecule has 0 aromatic rings. The summed E-state index contributed by atoms with van der Waals surface area (Å²) in [5, 5.41) is 0.223. The van der Waals surface area contributed by atoms with E-state index < -0.39 is 8.32 Å². The van der Waals surface area contributed by atoms with Crippen LogP contribution in [0.15, 0.2) is 0 Å². The molecule has 138 valence electrons. The van der Waals surface area contributed by atoms with Gasteiger partial charge in [-0.3, -0.25) is 4.79 Å². The molecule has 0 heterocycles. The second-order valence-electron chi connectivity index (χ2n) is 10.3. The molecule has 3 heteroatoms. The highest BCUT2D eigenvalue weighted by Gasteiger charge is 2.66. The molecule has 0 aliphatic heterocycles. The van der Waals surface area contributed by atoms with Crippen LogP contribution in [0.5, 0.6) is 0 Å². The lowest BCUT2D eigenvalue weighted by molar-refractivity contribution is -0.126. The standard InChI is InChI=1S/C21H38O2Si/c1-7-8-11-16-15-10-9-13-21(16)14-12-17(18(21)19(15)22)23-24(5,6)20(2,3)4/h15-18H,7-14H2,1-6H3/t15-,16+,17+,18+,21-/m0/s1. The number of fused-ring (bicyclic) bond motifs is 1. The van der Waals surface area contributed by atoms with Crippen LogP contribution >= 0.6 is 0 Å². The molecule has 3 fully saturated rings. The maximum atomic E-state index is 13.3. The first kappa shape index (κ1) is 18.6. The summed E-state index contributed by atoms with van der Waals surface area (Å²) in [4.78, 5) is 13.3. The van der Waals surface area contributed by atoms with Gasteiger partial charge in [-0.05, 0) is 61.6 Å². The predicted octanol–water partition coefficient (Wildman–Crippen LogP) is 5.96. The lowest BCUT2D eigenvalue weighted by atomic mass is 9.63. The van der Waals surface area contributed by atoms with Crippen LogP contribution in [0.3, 0.4) is 0 Å². The van der Waals surface area contributed by atoms with Gasteiger partial charge in [0.2, 0.25) is 0 Å². The quantitative estimate of drug-likeness (QED) is 0.572. The lowest BCUT2D eigenvalue weighted by Gasteiger charge is -2.42. The van der Waals surface area contributed by atoms with Crippen LogP contribution in [-0.2, 0) is 9.22 Å². The molecule has 3 aliphatic carbocycles. The number of carbonyl (C=O) groups excluding carboxylic acids is 1. The van der Waals surface area contributed by atoms with Crippen LogP contribution in [0.4, 0.5) is 0 Å². The summed E-state index contributed by atoms with van der Waals surface area (Å²) in [7, 11) is -1.81. The fraction of sp³-hybridized carbons (Fsp3) is 0.952. The van der Waals surface area contributed by atoms with Crippen LogP contribution in [0.1, 0.15) is 79.1 Å². The van der Waals surface area contributed by atoms with E-state index in [2.05, 4.69) is 40.8 Å². The Bertz CT molecular complexity index is 493. The normalized spacial score (nSPS) is 39.3. The van der Waals surface area contributed by atoms with Gasteiger partial charge in [-0.15, -0.1) is 0 Å². The Balaban J connectivity index is 1.85. The van der Waals surface area contributed by atoms with Crippen LogP contribution in [-0.4, -0.2) is 20.2 Å². The molecule has 2 bridgehead atoms. The zero-order chi connectivity index (χ0) is 17.8. The molecule has 3 saturated carbocycles. The fourth-order valence-corrected chi connectivity index (χ4v) is 7.24. The van der Waals surface area contributed by atoms with E-state index in [1.807, 2.05) is 0 Å². The molecule has 0 aromatic heterocycles. The highest BCUT2D eigenvalue weighted by atomic mass is 28.4. The maximum Gasteiger partial charge on any atom is 0.192 e. The molecule has 1 spiro atoms. The molecule has 2 nitrogen and oxygen atoms in total. The molecule has 0 unspecified atom stereocenters. The molecule has 0 radical (unpaired) electrons. The monoisotopic (exact) mass is 350 g/mol. The summed E-state index contributed by atoms with van der Waals surface area (Å²) in [5.74, 6) is 1.84. The summed E-state index contributed by atoms with van der Waals surface area (Å²) in [6.45, 7) is 13.9. The Kier molecular flexibility index (Phi) is 4.83. The highest BCUT2D eigenvalue weighted by Crippen LogP contribution is 2.66. The highest BCUT2D eigenvalue weighted by molar-refractivity contribution is 6.74. The Labute approximate surface area is 150 Å². The van der Waals surface area contributed by atoms with Crippen molar-refractivity contribution in [2.75, 3.05) is 0 Å². The van der Waals surface area contributed by atoms with E-state index >= 15 is 0 Å². The van der Waals surface area contributed by atoms with Gasteiger partial charge in [-0.2, -0.15) is 0 Å². The van der Waals surface area contributed by atoms with Crippen molar-refractivity contribution in [2.24, 2.45) is 23.2 Å². The fourth-order valence-electron chi connectivity index (χ4n) is 5.87. The second kappa shape index (κ2) is 6.23. The van der Waals surface area contributed by atoms with Crippen molar-refractivity contribution in [1.82, 2.24) is 0 Å². The van der Waals surface area contributed by atoms with Crippen molar-refractivity contribution in [1.29, 1.82) is 0 Å². The van der Waals surface area contributed by atoms with E-state index in [1.165, 1.54) is 38.5 Å².